The predicted molar refractivity (Wildman–Crippen MR) is 159 cm³/mol. The fraction of sp³-hybridized carbons (Fsp3) is 0.882. The SMILES string of the molecule is CCC(C)(C)C(=O)OC12CC3CC(CC(O)(C3)C1)C2.CCC(C)(C)C(=O)OCC(=O)OC1(C2CCC(=O)O2)CCCCC1. The van der Waals surface area contributed by atoms with Gasteiger partial charge in [-0.05, 0) is 117 Å². The molecular formula is C34H54O9. The van der Waals surface area contributed by atoms with E-state index in [-0.39, 0.29) is 23.6 Å². The van der Waals surface area contributed by atoms with Gasteiger partial charge in [0.15, 0.2) is 6.61 Å². The number of aliphatic hydroxyl groups is 1. The van der Waals surface area contributed by atoms with Crippen LogP contribution in [0.2, 0.25) is 0 Å². The maximum absolute atomic E-state index is 12.4. The zero-order valence-corrected chi connectivity index (χ0v) is 27.3. The lowest BCUT2D eigenvalue weighted by Gasteiger charge is -2.59. The summed E-state index contributed by atoms with van der Waals surface area (Å²) in [4.78, 5) is 48.0. The second kappa shape index (κ2) is 12.7. The van der Waals surface area contributed by atoms with Gasteiger partial charge in [0.1, 0.15) is 17.3 Å². The number of carbonyl (C=O) groups is 4. The number of rotatable bonds is 9. The van der Waals surface area contributed by atoms with Gasteiger partial charge in [-0.1, -0.05) is 20.3 Å². The zero-order chi connectivity index (χ0) is 31.7. The van der Waals surface area contributed by atoms with Crippen LogP contribution < -0.4 is 0 Å². The van der Waals surface area contributed by atoms with Crippen molar-refractivity contribution in [3.05, 3.63) is 0 Å². The minimum absolute atomic E-state index is 0.0828. The average Bonchev–Trinajstić information content (AvgIpc) is 3.38. The maximum atomic E-state index is 12.4. The molecule has 1 saturated heterocycles. The largest absolute Gasteiger partial charge is 0.459 e. The summed E-state index contributed by atoms with van der Waals surface area (Å²) in [6.07, 6.45) is 12.0. The Kier molecular flexibility index (Phi) is 9.95. The van der Waals surface area contributed by atoms with Gasteiger partial charge in [-0.2, -0.15) is 0 Å². The number of cyclic esters (lactones) is 1. The number of hydrogen-bond donors (Lipinski definition) is 1. The van der Waals surface area contributed by atoms with Crippen LogP contribution in [0.4, 0.5) is 0 Å². The van der Waals surface area contributed by atoms with E-state index in [4.69, 9.17) is 18.9 Å². The molecular weight excluding hydrogens is 552 g/mol. The average molecular weight is 607 g/mol. The molecule has 43 heavy (non-hydrogen) atoms. The molecule has 6 rings (SSSR count). The first-order valence-corrected chi connectivity index (χ1v) is 16.6. The first-order chi connectivity index (χ1) is 20.0. The molecule has 0 spiro atoms. The first-order valence-electron chi connectivity index (χ1n) is 16.6. The molecule has 244 valence electrons. The van der Waals surface area contributed by atoms with Crippen molar-refractivity contribution >= 4 is 23.9 Å². The molecule has 0 amide bonds. The fourth-order valence-electron chi connectivity index (χ4n) is 7.99. The molecule has 4 bridgehead atoms. The van der Waals surface area contributed by atoms with Crippen molar-refractivity contribution in [2.24, 2.45) is 22.7 Å². The molecule has 3 atom stereocenters. The minimum atomic E-state index is -0.756. The van der Waals surface area contributed by atoms with Crippen LogP contribution in [-0.4, -0.2) is 58.5 Å². The maximum Gasteiger partial charge on any atom is 0.344 e. The van der Waals surface area contributed by atoms with E-state index in [9.17, 15) is 24.3 Å². The van der Waals surface area contributed by atoms with Crippen molar-refractivity contribution in [1.29, 1.82) is 0 Å². The van der Waals surface area contributed by atoms with Crippen LogP contribution in [0.3, 0.4) is 0 Å². The third kappa shape index (κ3) is 7.74. The molecule has 0 aromatic carbocycles. The standard InChI is InChI=1S/C18H28O6.C16H26O3/c1-4-17(2,3)16(21)22-12-15(20)24-18(10-6-5-7-11-18)13-8-9-14(19)23-13;1-4-14(2,3)13(17)19-16-8-11-5-12(9-16)7-15(18,6-11)10-16/h13H,4-12H2,1-3H3;11-12,18H,4-10H2,1-3H3. The first kappa shape index (κ1) is 33.7. The molecule has 9 nitrogen and oxygen atoms in total. The highest BCUT2D eigenvalue weighted by Gasteiger charge is 2.59. The highest BCUT2D eigenvalue weighted by Crippen LogP contribution is 2.59. The van der Waals surface area contributed by atoms with Gasteiger partial charge >= 0.3 is 23.9 Å². The molecule has 5 aliphatic carbocycles. The van der Waals surface area contributed by atoms with Gasteiger partial charge < -0.3 is 24.1 Å². The molecule has 1 heterocycles. The Morgan fingerprint density at radius 1 is 0.884 bits per heavy atom. The molecule has 0 radical (unpaired) electrons. The van der Waals surface area contributed by atoms with E-state index in [1.54, 1.807) is 13.8 Å². The van der Waals surface area contributed by atoms with Crippen LogP contribution in [0.5, 0.6) is 0 Å². The van der Waals surface area contributed by atoms with E-state index in [1.165, 1.54) is 6.42 Å². The van der Waals surface area contributed by atoms with Gasteiger partial charge in [0.05, 0.1) is 16.4 Å². The van der Waals surface area contributed by atoms with E-state index in [2.05, 4.69) is 0 Å². The van der Waals surface area contributed by atoms with Crippen LogP contribution in [-0.2, 0) is 38.1 Å². The van der Waals surface area contributed by atoms with Crippen molar-refractivity contribution in [3.63, 3.8) is 0 Å². The van der Waals surface area contributed by atoms with Crippen molar-refractivity contribution < 1.29 is 43.2 Å². The van der Waals surface area contributed by atoms with Crippen LogP contribution in [0, 0.1) is 22.7 Å². The normalized spacial score (nSPS) is 32.7. The summed E-state index contributed by atoms with van der Waals surface area (Å²) in [5, 5.41) is 10.6. The quantitative estimate of drug-likeness (QED) is 0.250. The fourth-order valence-corrected chi connectivity index (χ4v) is 7.99. The molecule has 6 fully saturated rings. The third-order valence-corrected chi connectivity index (χ3v) is 11.0. The van der Waals surface area contributed by atoms with E-state index in [0.717, 1.165) is 51.4 Å². The molecule has 5 saturated carbocycles. The summed E-state index contributed by atoms with van der Waals surface area (Å²) >= 11 is 0. The van der Waals surface area contributed by atoms with Gasteiger partial charge in [0.2, 0.25) is 0 Å². The lowest BCUT2D eigenvalue weighted by Crippen LogP contribution is -2.61. The van der Waals surface area contributed by atoms with Crippen LogP contribution in [0.1, 0.15) is 138 Å². The highest BCUT2D eigenvalue weighted by atomic mass is 16.6. The Morgan fingerprint density at radius 3 is 1.98 bits per heavy atom. The Balaban J connectivity index is 0.000000202. The highest BCUT2D eigenvalue weighted by molar-refractivity contribution is 5.80. The van der Waals surface area contributed by atoms with Gasteiger partial charge in [0, 0.05) is 12.8 Å². The van der Waals surface area contributed by atoms with E-state index in [0.29, 0.717) is 50.4 Å². The van der Waals surface area contributed by atoms with Gasteiger partial charge in [-0.15, -0.1) is 0 Å². The monoisotopic (exact) mass is 606 g/mol. The Hall–Kier alpha value is -2.16. The second-order valence-corrected chi connectivity index (χ2v) is 15.4. The Morgan fingerprint density at radius 2 is 1.47 bits per heavy atom. The van der Waals surface area contributed by atoms with Crippen molar-refractivity contribution in [2.45, 2.75) is 161 Å². The van der Waals surface area contributed by atoms with E-state index in [1.807, 2.05) is 27.7 Å². The van der Waals surface area contributed by atoms with Gasteiger partial charge in [-0.3, -0.25) is 14.4 Å². The molecule has 0 aromatic heterocycles. The molecule has 0 aromatic rings. The summed E-state index contributed by atoms with van der Waals surface area (Å²) in [5.74, 6) is -0.183. The summed E-state index contributed by atoms with van der Waals surface area (Å²) < 4.78 is 22.2. The Bertz CT molecular complexity index is 1040. The molecule has 1 N–H and O–H groups in total. The van der Waals surface area contributed by atoms with Crippen molar-refractivity contribution in [1.82, 2.24) is 0 Å². The van der Waals surface area contributed by atoms with Gasteiger partial charge in [0.25, 0.3) is 0 Å². The predicted octanol–water partition coefficient (Wildman–Crippen LogP) is 5.97. The number of hydrogen-bond acceptors (Lipinski definition) is 9. The topological polar surface area (TPSA) is 125 Å². The Labute approximate surface area is 257 Å². The molecule has 1 aliphatic heterocycles. The van der Waals surface area contributed by atoms with Crippen LogP contribution in [0.15, 0.2) is 0 Å². The van der Waals surface area contributed by atoms with Crippen LogP contribution in [0.25, 0.3) is 0 Å². The summed E-state index contributed by atoms with van der Waals surface area (Å²) in [6.45, 7) is 11.0. The minimum Gasteiger partial charge on any atom is -0.459 e. The smallest absolute Gasteiger partial charge is 0.344 e. The summed E-state index contributed by atoms with van der Waals surface area (Å²) in [6, 6.07) is 0. The molecule has 6 aliphatic rings. The van der Waals surface area contributed by atoms with Crippen LogP contribution >= 0.6 is 0 Å². The lowest BCUT2D eigenvalue weighted by atomic mass is 9.52. The van der Waals surface area contributed by atoms with E-state index >= 15 is 0 Å². The van der Waals surface area contributed by atoms with Crippen molar-refractivity contribution in [2.75, 3.05) is 6.61 Å². The third-order valence-electron chi connectivity index (χ3n) is 11.0. The van der Waals surface area contributed by atoms with E-state index < -0.39 is 40.6 Å². The number of esters is 4. The second-order valence-electron chi connectivity index (χ2n) is 15.4. The molecule has 9 heteroatoms. The summed E-state index contributed by atoms with van der Waals surface area (Å²) in [7, 11) is 0. The number of carbonyl (C=O) groups excluding carboxylic acids is 4. The van der Waals surface area contributed by atoms with Crippen molar-refractivity contribution in [3.8, 4) is 0 Å². The van der Waals surface area contributed by atoms with Gasteiger partial charge in [-0.25, -0.2) is 4.79 Å². The number of ether oxygens (including phenoxy) is 4. The lowest BCUT2D eigenvalue weighted by molar-refractivity contribution is -0.225. The zero-order valence-electron chi connectivity index (χ0n) is 27.3. The summed E-state index contributed by atoms with van der Waals surface area (Å²) in [5.41, 5.74) is -2.70. The molecule has 3 unspecified atom stereocenters.